The Bertz CT molecular complexity index is 439. The number of phenolic OH excluding ortho intramolecular Hbond substituents is 1. The number of hydrogen-bond donors (Lipinski definition) is 1. The molecule has 0 aromatic heterocycles. The number of ether oxygens (including phenoxy) is 1. The number of carbonyl (C=O) groups is 1. The van der Waals surface area contributed by atoms with Crippen LogP contribution in [0.2, 0.25) is 0 Å². The SMILES string of the molecule is C.CC.CC.CC(=O)Oc1ccccc1.Oc1ccccc1. The van der Waals surface area contributed by atoms with Gasteiger partial charge < -0.3 is 9.84 Å². The molecule has 0 saturated carbocycles. The van der Waals surface area contributed by atoms with Crippen molar-refractivity contribution in [3.05, 3.63) is 60.7 Å². The smallest absolute Gasteiger partial charge is 0.308 e. The summed E-state index contributed by atoms with van der Waals surface area (Å²) in [5.41, 5.74) is 0. The van der Waals surface area contributed by atoms with Gasteiger partial charge in [0.25, 0.3) is 0 Å². The van der Waals surface area contributed by atoms with Crippen molar-refractivity contribution in [3.63, 3.8) is 0 Å². The van der Waals surface area contributed by atoms with E-state index in [1.807, 2.05) is 52.0 Å². The lowest BCUT2D eigenvalue weighted by Gasteiger charge is -1.97. The van der Waals surface area contributed by atoms with E-state index in [4.69, 9.17) is 9.84 Å². The highest BCUT2D eigenvalue weighted by Gasteiger charge is 1.92. The predicted molar refractivity (Wildman–Crippen MR) is 95.3 cm³/mol. The number of esters is 1. The summed E-state index contributed by atoms with van der Waals surface area (Å²) in [6.07, 6.45) is 0. The molecule has 124 valence electrons. The van der Waals surface area contributed by atoms with Crippen LogP contribution in [0.1, 0.15) is 42.0 Å². The molecule has 0 aliphatic rings. The van der Waals surface area contributed by atoms with Gasteiger partial charge >= 0.3 is 5.97 Å². The maximum atomic E-state index is 10.4. The van der Waals surface area contributed by atoms with Gasteiger partial charge in [-0.2, -0.15) is 0 Å². The van der Waals surface area contributed by atoms with Crippen molar-refractivity contribution in [2.24, 2.45) is 0 Å². The third-order valence-electron chi connectivity index (χ3n) is 1.76. The van der Waals surface area contributed by atoms with Gasteiger partial charge in [0.05, 0.1) is 0 Å². The largest absolute Gasteiger partial charge is 0.508 e. The fraction of sp³-hybridized carbons (Fsp3) is 0.316. The van der Waals surface area contributed by atoms with E-state index in [2.05, 4.69) is 0 Å². The van der Waals surface area contributed by atoms with E-state index in [9.17, 15) is 4.79 Å². The molecule has 0 heterocycles. The highest BCUT2D eigenvalue weighted by Crippen LogP contribution is 2.07. The number of phenols is 1. The number of benzene rings is 2. The minimum absolute atomic E-state index is 0. The van der Waals surface area contributed by atoms with Crippen molar-refractivity contribution in [2.75, 3.05) is 0 Å². The molecule has 2 rings (SSSR count). The predicted octanol–water partition coefficient (Wildman–Crippen LogP) is 5.69. The minimum atomic E-state index is -0.286. The third kappa shape index (κ3) is 15.8. The second kappa shape index (κ2) is 18.7. The van der Waals surface area contributed by atoms with Crippen LogP contribution in [0.4, 0.5) is 0 Å². The molecule has 0 amide bonds. The van der Waals surface area contributed by atoms with Gasteiger partial charge in [-0.15, -0.1) is 0 Å². The van der Waals surface area contributed by atoms with Gasteiger partial charge in [0.15, 0.2) is 0 Å². The molecular formula is C19H30O3. The van der Waals surface area contributed by atoms with Crippen LogP contribution in [0.3, 0.4) is 0 Å². The average Bonchev–Trinajstić information content (AvgIpc) is 2.53. The molecule has 0 aliphatic carbocycles. The summed E-state index contributed by atoms with van der Waals surface area (Å²) in [6, 6.07) is 17.7. The standard InChI is InChI=1S/C8H8O2.C6H6O.2C2H6.CH4/c1-7(9)10-8-5-3-2-4-6-8;7-6-4-2-1-3-5-6;2*1-2;/h2-6H,1H3;1-5,7H;2*1-2H3;1H4. The van der Waals surface area contributed by atoms with Gasteiger partial charge in [-0.05, 0) is 24.3 Å². The van der Waals surface area contributed by atoms with E-state index in [-0.39, 0.29) is 13.4 Å². The zero-order valence-corrected chi connectivity index (χ0v) is 13.5. The molecule has 0 radical (unpaired) electrons. The first-order chi connectivity index (χ1) is 10.2. The summed E-state index contributed by atoms with van der Waals surface area (Å²) in [7, 11) is 0. The Morgan fingerprint density at radius 3 is 1.45 bits per heavy atom. The number of rotatable bonds is 1. The average molecular weight is 306 g/mol. The summed E-state index contributed by atoms with van der Waals surface area (Å²) in [4.78, 5) is 10.4. The Balaban J connectivity index is -0.000000266. The highest BCUT2D eigenvalue weighted by molar-refractivity contribution is 5.69. The first-order valence-corrected chi connectivity index (χ1v) is 7.16. The molecule has 3 heteroatoms. The number of carbonyl (C=O) groups excluding carboxylic acids is 1. The van der Waals surface area contributed by atoms with Crippen molar-refractivity contribution in [3.8, 4) is 11.5 Å². The maximum absolute atomic E-state index is 10.4. The second-order valence-electron chi connectivity index (χ2n) is 3.24. The van der Waals surface area contributed by atoms with E-state index in [0.717, 1.165) is 0 Å². The van der Waals surface area contributed by atoms with Crippen LogP contribution in [0.25, 0.3) is 0 Å². The molecule has 3 nitrogen and oxygen atoms in total. The van der Waals surface area contributed by atoms with E-state index in [0.29, 0.717) is 11.5 Å². The third-order valence-corrected chi connectivity index (χ3v) is 1.76. The maximum Gasteiger partial charge on any atom is 0.308 e. The topological polar surface area (TPSA) is 46.5 Å². The Kier molecular flexibility index (Phi) is 21.0. The molecule has 0 fully saturated rings. The van der Waals surface area contributed by atoms with Crippen molar-refractivity contribution in [1.29, 1.82) is 0 Å². The first kappa shape index (κ1) is 24.7. The highest BCUT2D eigenvalue weighted by atomic mass is 16.5. The van der Waals surface area contributed by atoms with Crippen LogP contribution in [0.5, 0.6) is 11.5 Å². The summed E-state index contributed by atoms with van der Waals surface area (Å²) >= 11 is 0. The molecule has 0 bridgehead atoms. The van der Waals surface area contributed by atoms with Crippen LogP contribution in [-0.2, 0) is 4.79 Å². The van der Waals surface area contributed by atoms with Crippen LogP contribution in [0, 0.1) is 0 Å². The van der Waals surface area contributed by atoms with Crippen molar-refractivity contribution >= 4 is 5.97 Å². The van der Waals surface area contributed by atoms with Crippen LogP contribution in [0.15, 0.2) is 60.7 Å². The molecule has 1 N–H and O–H groups in total. The minimum Gasteiger partial charge on any atom is -0.508 e. The summed E-state index contributed by atoms with van der Waals surface area (Å²) < 4.78 is 4.78. The van der Waals surface area contributed by atoms with E-state index >= 15 is 0 Å². The zero-order valence-electron chi connectivity index (χ0n) is 13.5. The lowest BCUT2D eigenvalue weighted by molar-refractivity contribution is -0.131. The summed E-state index contributed by atoms with van der Waals surface area (Å²) in [6.45, 7) is 9.38. The van der Waals surface area contributed by atoms with Gasteiger partial charge in [0.1, 0.15) is 11.5 Å². The summed E-state index contributed by atoms with van der Waals surface area (Å²) in [5, 5.41) is 8.63. The van der Waals surface area contributed by atoms with E-state index in [1.165, 1.54) is 6.92 Å². The Labute approximate surface area is 135 Å². The number of hydrogen-bond acceptors (Lipinski definition) is 3. The first-order valence-electron chi connectivity index (χ1n) is 7.16. The van der Waals surface area contributed by atoms with Gasteiger partial charge in [-0.1, -0.05) is 71.5 Å². The van der Waals surface area contributed by atoms with Crippen molar-refractivity contribution < 1.29 is 14.6 Å². The van der Waals surface area contributed by atoms with Gasteiger partial charge in [0.2, 0.25) is 0 Å². The fourth-order valence-electron chi connectivity index (χ4n) is 1.08. The van der Waals surface area contributed by atoms with Crippen molar-refractivity contribution in [2.45, 2.75) is 42.0 Å². The normalized spacial score (nSPS) is 7.32. The summed E-state index contributed by atoms with van der Waals surface area (Å²) in [5.74, 6) is 0.628. The Hall–Kier alpha value is -2.29. The monoisotopic (exact) mass is 306 g/mol. The Morgan fingerprint density at radius 2 is 1.18 bits per heavy atom. The van der Waals surface area contributed by atoms with E-state index in [1.54, 1.807) is 36.4 Å². The zero-order chi connectivity index (χ0) is 16.5. The van der Waals surface area contributed by atoms with Gasteiger partial charge in [-0.3, -0.25) is 4.79 Å². The molecular weight excluding hydrogens is 276 g/mol. The molecule has 22 heavy (non-hydrogen) atoms. The molecule has 2 aromatic carbocycles. The van der Waals surface area contributed by atoms with Gasteiger partial charge in [0, 0.05) is 6.92 Å². The van der Waals surface area contributed by atoms with E-state index < -0.39 is 0 Å². The van der Waals surface area contributed by atoms with Crippen molar-refractivity contribution in [1.82, 2.24) is 0 Å². The Morgan fingerprint density at radius 1 is 0.818 bits per heavy atom. The molecule has 0 saturated heterocycles. The number of aromatic hydroxyl groups is 1. The number of para-hydroxylation sites is 2. The van der Waals surface area contributed by atoms with Crippen LogP contribution >= 0.6 is 0 Å². The van der Waals surface area contributed by atoms with Gasteiger partial charge in [-0.25, -0.2) is 0 Å². The molecule has 0 atom stereocenters. The molecule has 0 unspecified atom stereocenters. The van der Waals surface area contributed by atoms with Crippen LogP contribution in [-0.4, -0.2) is 11.1 Å². The molecule has 2 aromatic rings. The lowest BCUT2D eigenvalue weighted by atomic mass is 10.3. The molecule has 0 spiro atoms. The fourth-order valence-corrected chi connectivity index (χ4v) is 1.08. The quantitative estimate of drug-likeness (QED) is 0.543. The molecule has 0 aliphatic heterocycles. The second-order valence-corrected chi connectivity index (χ2v) is 3.24. The van der Waals surface area contributed by atoms with Crippen LogP contribution < -0.4 is 4.74 Å². The lowest BCUT2D eigenvalue weighted by Crippen LogP contribution is -2.00.